The number of hydrogen-bond donors (Lipinski definition) is 1. The lowest BCUT2D eigenvalue weighted by Crippen LogP contribution is -2.54. The largest absolute Gasteiger partial charge is 0.485 e. The van der Waals surface area contributed by atoms with Gasteiger partial charge in [-0.3, -0.25) is 9.69 Å². The van der Waals surface area contributed by atoms with Crippen molar-refractivity contribution in [3.63, 3.8) is 0 Å². The van der Waals surface area contributed by atoms with Gasteiger partial charge in [0.05, 0.1) is 6.10 Å². The maximum Gasteiger partial charge on any atom is 0.267 e. The number of aliphatic hydroxyl groups excluding tert-OH is 1. The zero-order chi connectivity index (χ0) is 19.5. The molecule has 148 valence electrons. The Kier molecular flexibility index (Phi) is 5.45. The van der Waals surface area contributed by atoms with Crippen LogP contribution in [0.2, 0.25) is 0 Å². The average molecular weight is 386 g/mol. The van der Waals surface area contributed by atoms with Crippen molar-refractivity contribution < 1.29 is 23.8 Å². The molecule has 0 aliphatic carbocycles. The van der Waals surface area contributed by atoms with Crippen molar-refractivity contribution in [1.29, 1.82) is 0 Å². The molecule has 6 nitrogen and oxygen atoms in total. The van der Waals surface area contributed by atoms with Crippen LogP contribution in [-0.4, -0.2) is 66.2 Å². The fraction of sp³-hybridized carbons (Fsp3) is 0.381. The van der Waals surface area contributed by atoms with Crippen LogP contribution in [0.4, 0.5) is 4.39 Å². The summed E-state index contributed by atoms with van der Waals surface area (Å²) >= 11 is 0. The van der Waals surface area contributed by atoms with Crippen molar-refractivity contribution >= 4 is 5.91 Å². The van der Waals surface area contributed by atoms with Gasteiger partial charge in [-0.1, -0.05) is 24.3 Å². The number of hydrogen-bond acceptors (Lipinski definition) is 5. The lowest BCUT2D eigenvalue weighted by atomic mass is 10.1. The van der Waals surface area contributed by atoms with Gasteiger partial charge in [0.1, 0.15) is 12.4 Å². The van der Waals surface area contributed by atoms with Crippen molar-refractivity contribution in [2.75, 3.05) is 39.3 Å². The standard InChI is InChI=1S/C21H23FN2O4/c22-16-7-5-15(6-8-16)17(25)13-23-9-11-24(12-10-23)21(26)20-14-27-18-3-1-2-4-19(18)28-20/h1-8,17,20,25H,9-14H2/t17-,20-/m1/s1. The number of nitrogens with zero attached hydrogens (tertiary/aromatic N) is 2. The van der Waals surface area contributed by atoms with Gasteiger partial charge >= 0.3 is 0 Å². The summed E-state index contributed by atoms with van der Waals surface area (Å²) < 4.78 is 24.5. The number of fused-ring (bicyclic) bond motifs is 1. The molecule has 2 heterocycles. The number of piperazine rings is 1. The number of aliphatic hydroxyl groups is 1. The van der Waals surface area contributed by atoms with Crippen LogP contribution < -0.4 is 9.47 Å². The highest BCUT2D eigenvalue weighted by molar-refractivity contribution is 5.82. The molecule has 0 aromatic heterocycles. The van der Waals surface area contributed by atoms with Gasteiger partial charge in [0.25, 0.3) is 5.91 Å². The van der Waals surface area contributed by atoms with E-state index in [1.165, 1.54) is 12.1 Å². The van der Waals surface area contributed by atoms with E-state index in [9.17, 15) is 14.3 Å². The highest BCUT2D eigenvalue weighted by atomic mass is 19.1. The number of benzene rings is 2. The molecular weight excluding hydrogens is 363 g/mol. The third-order valence-corrected chi connectivity index (χ3v) is 5.15. The van der Waals surface area contributed by atoms with Crippen molar-refractivity contribution in [3.8, 4) is 11.5 Å². The molecule has 1 N–H and O–H groups in total. The monoisotopic (exact) mass is 386 g/mol. The molecule has 1 saturated heterocycles. The molecule has 2 aliphatic heterocycles. The summed E-state index contributed by atoms with van der Waals surface area (Å²) in [5.74, 6) is 0.854. The number of amides is 1. The normalized spacial score (nSPS) is 20.6. The second-order valence-corrected chi connectivity index (χ2v) is 7.06. The topological polar surface area (TPSA) is 62.2 Å². The second kappa shape index (κ2) is 8.16. The van der Waals surface area contributed by atoms with Gasteiger partial charge in [0, 0.05) is 32.7 Å². The summed E-state index contributed by atoms with van der Waals surface area (Å²) in [6.07, 6.45) is -1.32. The van der Waals surface area contributed by atoms with Gasteiger partial charge in [0.2, 0.25) is 6.10 Å². The Hall–Kier alpha value is -2.64. The lowest BCUT2D eigenvalue weighted by Gasteiger charge is -2.37. The molecule has 0 saturated carbocycles. The molecule has 0 radical (unpaired) electrons. The third-order valence-electron chi connectivity index (χ3n) is 5.15. The van der Waals surface area contributed by atoms with Crippen LogP contribution in [0.3, 0.4) is 0 Å². The smallest absolute Gasteiger partial charge is 0.267 e. The first-order valence-corrected chi connectivity index (χ1v) is 9.43. The predicted octanol–water partition coefficient (Wildman–Crippen LogP) is 1.84. The van der Waals surface area contributed by atoms with Crippen LogP contribution in [-0.2, 0) is 4.79 Å². The third kappa shape index (κ3) is 4.10. The summed E-state index contributed by atoms with van der Waals surface area (Å²) in [5.41, 5.74) is 0.686. The van der Waals surface area contributed by atoms with E-state index in [-0.39, 0.29) is 18.3 Å². The van der Waals surface area contributed by atoms with Gasteiger partial charge in [0.15, 0.2) is 11.5 Å². The van der Waals surface area contributed by atoms with Crippen molar-refractivity contribution in [3.05, 3.63) is 59.9 Å². The Labute approximate surface area is 163 Å². The van der Waals surface area contributed by atoms with Crippen LogP contribution in [0.25, 0.3) is 0 Å². The van der Waals surface area contributed by atoms with Crippen LogP contribution in [0, 0.1) is 5.82 Å². The second-order valence-electron chi connectivity index (χ2n) is 7.06. The van der Waals surface area contributed by atoms with E-state index in [1.54, 1.807) is 23.1 Å². The molecule has 1 amide bonds. The molecule has 7 heteroatoms. The first kappa shape index (κ1) is 18.7. The minimum Gasteiger partial charge on any atom is -0.485 e. The molecule has 28 heavy (non-hydrogen) atoms. The van der Waals surface area contributed by atoms with E-state index in [0.29, 0.717) is 49.8 Å². The quantitative estimate of drug-likeness (QED) is 0.869. The molecule has 0 spiro atoms. The number of β-amino-alcohol motifs (C(OH)–C–C–N with tert-alkyl or cyclic N) is 1. The van der Waals surface area contributed by atoms with Gasteiger partial charge in [-0.2, -0.15) is 0 Å². The van der Waals surface area contributed by atoms with E-state index in [0.717, 1.165) is 0 Å². The van der Waals surface area contributed by atoms with E-state index >= 15 is 0 Å². The number of para-hydroxylation sites is 2. The Morgan fingerprint density at radius 3 is 2.46 bits per heavy atom. The molecule has 0 unspecified atom stereocenters. The number of rotatable bonds is 4. The Morgan fingerprint density at radius 2 is 1.75 bits per heavy atom. The molecule has 2 aromatic carbocycles. The number of carbonyl (C=O) groups excluding carboxylic acids is 1. The maximum atomic E-state index is 13.0. The lowest BCUT2D eigenvalue weighted by molar-refractivity contribution is -0.143. The Bertz CT molecular complexity index is 821. The van der Waals surface area contributed by atoms with Crippen LogP contribution in [0.5, 0.6) is 11.5 Å². The highest BCUT2D eigenvalue weighted by Gasteiger charge is 2.32. The zero-order valence-corrected chi connectivity index (χ0v) is 15.5. The summed E-state index contributed by atoms with van der Waals surface area (Å²) in [4.78, 5) is 16.6. The average Bonchev–Trinajstić information content (AvgIpc) is 2.74. The molecule has 4 rings (SSSR count). The summed E-state index contributed by atoms with van der Waals surface area (Å²) in [7, 11) is 0. The molecule has 2 atom stereocenters. The van der Waals surface area contributed by atoms with Crippen molar-refractivity contribution in [1.82, 2.24) is 9.80 Å². The number of carbonyl (C=O) groups is 1. The van der Waals surface area contributed by atoms with Gasteiger partial charge in [-0.15, -0.1) is 0 Å². The highest BCUT2D eigenvalue weighted by Crippen LogP contribution is 2.31. The maximum absolute atomic E-state index is 13.0. The van der Waals surface area contributed by atoms with Crippen LogP contribution in [0.15, 0.2) is 48.5 Å². The van der Waals surface area contributed by atoms with Crippen LogP contribution in [0.1, 0.15) is 11.7 Å². The Balaban J connectivity index is 1.28. The fourth-order valence-corrected chi connectivity index (χ4v) is 3.53. The van der Waals surface area contributed by atoms with E-state index in [1.807, 2.05) is 18.2 Å². The van der Waals surface area contributed by atoms with E-state index in [4.69, 9.17) is 9.47 Å². The summed E-state index contributed by atoms with van der Waals surface area (Å²) in [5, 5.41) is 10.4. The van der Waals surface area contributed by atoms with Gasteiger partial charge < -0.3 is 19.5 Å². The van der Waals surface area contributed by atoms with Gasteiger partial charge in [-0.25, -0.2) is 4.39 Å². The van der Waals surface area contributed by atoms with E-state index in [2.05, 4.69) is 4.90 Å². The van der Waals surface area contributed by atoms with Crippen LogP contribution >= 0.6 is 0 Å². The zero-order valence-electron chi connectivity index (χ0n) is 15.5. The first-order valence-electron chi connectivity index (χ1n) is 9.43. The number of halogens is 1. The molecular formula is C21H23FN2O4. The van der Waals surface area contributed by atoms with Crippen molar-refractivity contribution in [2.45, 2.75) is 12.2 Å². The SMILES string of the molecule is O=C([C@H]1COc2ccccc2O1)N1CCN(C[C@@H](O)c2ccc(F)cc2)CC1. The Morgan fingerprint density at radius 1 is 1.07 bits per heavy atom. The van der Waals surface area contributed by atoms with Gasteiger partial charge in [-0.05, 0) is 29.8 Å². The minimum absolute atomic E-state index is 0.0757. The molecule has 2 aromatic rings. The summed E-state index contributed by atoms with van der Waals surface area (Å²) in [6, 6.07) is 13.2. The predicted molar refractivity (Wildman–Crippen MR) is 101 cm³/mol. The van der Waals surface area contributed by atoms with E-state index < -0.39 is 12.2 Å². The fourth-order valence-electron chi connectivity index (χ4n) is 3.53. The first-order chi connectivity index (χ1) is 13.6. The molecule has 1 fully saturated rings. The summed E-state index contributed by atoms with van der Waals surface area (Å²) in [6.45, 7) is 3.11. The minimum atomic E-state index is -0.686. The molecule has 2 aliphatic rings. The van der Waals surface area contributed by atoms with Crippen molar-refractivity contribution in [2.24, 2.45) is 0 Å². The number of ether oxygens (including phenoxy) is 2. The molecule has 0 bridgehead atoms.